The Morgan fingerprint density at radius 1 is 1.13 bits per heavy atom. The van der Waals surface area contributed by atoms with E-state index in [1.165, 1.54) is 0 Å². The van der Waals surface area contributed by atoms with Crippen molar-refractivity contribution in [1.82, 2.24) is 15.3 Å². The van der Waals surface area contributed by atoms with E-state index in [-0.39, 0.29) is 5.91 Å². The lowest BCUT2D eigenvalue weighted by molar-refractivity contribution is -0.121. The quantitative estimate of drug-likeness (QED) is 0.728. The first kappa shape index (κ1) is 15.6. The average Bonchev–Trinajstić information content (AvgIpc) is 2.96. The van der Waals surface area contributed by atoms with Crippen LogP contribution in [0.25, 0.3) is 11.0 Å². The number of nitrogens with zero attached hydrogens (tertiary/aromatic N) is 1. The number of imidazole rings is 1. The Labute approximate surface area is 139 Å². The Morgan fingerprint density at radius 3 is 2.83 bits per heavy atom. The number of nitrogens with one attached hydrogen (secondary N) is 2. The number of amides is 1. The fourth-order valence-corrected chi connectivity index (χ4v) is 2.70. The van der Waals surface area contributed by atoms with Crippen LogP contribution in [0.1, 0.15) is 17.8 Å². The second-order valence-electron chi connectivity index (χ2n) is 5.43. The SMILES string of the molecule is O=C(CCc1cccc(Cl)c1)NCCc1nc2ccccc2[nH]1. The highest BCUT2D eigenvalue weighted by atomic mass is 35.5. The highest BCUT2D eigenvalue weighted by Gasteiger charge is 2.05. The molecule has 0 saturated heterocycles. The van der Waals surface area contributed by atoms with E-state index in [1.54, 1.807) is 0 Å². The minimum atomic E-state index is 0.0427. The normalized spacial score (nSPS) is 10.8. The van der Waals surface area contributed by atoms with E-state index in [0.29, 0.717) is 30.8 Å². The number of benzene rings is 2. The van der Waals surface area contributed by atoms with Crippen molar-refractivity contribution in [3.63, 3.8) is 0 Å². The average molecular weight is 328 g/mol. The molecule has 0 aliphatic heterocycles. The fourth-order valence-electron chi connectivity index (χ4n) is 2.48. The molecule has 0 aliphatic carbocycles. The van der Waals surface area contributed by atoms with Gasteiger partial charge in [-0.25, -0.2) is 4.98 Å². The number of carbonyl (C=O) groups excluding carboxylic acids is 1. The third kappa shape index (κ3) is 4.33. The van der Waals surface area contributed by atoms with E-state index in [9.17, 15) is 4.79 Å². The van der Waals surface area contributed by atoms with Crippen molar-refractivity contribution >= 4 is 28.5 Å². The van der Waals surface area contributed by atoms with E-state index in [0.717, 1.165) is 22.4 Å². The molecule has 5 heteroatoms. The number of aromatic amines is 1. The highest BCUT2D eigenvalue weighted by Crippen LogP contribution is 2.12. The number of hydrogen-bond acceptors (Lipinski definition) is 2. The number of carbonyl (C=O) groups is 1. The highest BCUT2D eigenvalue weighted by molar-refractivity contribution is 6.30. The van der Waals surface area contributed by atoms with E-state index in [2.05, 4.69) is 15.3 Å². The van der Waals surface area contributed by atoms with Gasteiger partial charge in [-0.05, 0) is 36.2 Å². The molecule has 0 radical (unpaired) electrons. The molecular formula is C18H18ClN3O. The van der Waals surface area contributed by atoms with Gasteiger partial charge in [0, 0.05) is 24.4 Å². The minimum Gasteiger partial charge on any atom is -0.356 e. The van der Waals surface area contributed by atoms with Crippen LogP contribution in [-0.2, 0) is 17.6 Å². The molecule has 2 N–H and O–H groups in total. The number of halogens is 1. The van der Waals surface area contributed by atoms with E-state index >= 15 is 0 Å². The van der Waals surface area contributed by atoms with Gasteiger partial charge in [0.1, 0.15) is 5.82 Å². The number of fused-ring (bicyclic) bond motifs is 1. The number of hydrogen-bond donors (Lipinski definition) is 2. The first-order chi connectivity index (χ1) is 11.2. The predicted octanol–water partition coefficient (Wildman–Crippen LogP) is 3.51. The summed E-state index contributed by atoms with van der Waals surface area (Å²) in [6.07, 6.45) is 1.84. The van der Waals surface area contributed by atoms with Gasteiger partial charge in [-0.15, -0.1) is 0 Å². The molecule has 3 aromatic rings. The molecule has 118 valence electrons. The van der Waals surface area contributed by atoms with Crippen molar-refractivity contribution in [1.29, 1.82) is 0 Å². The molecular weight excluding hydrogens is 310 g/mol. The molecule has 1 heterocycles. The second-order valence-corrected chi connectivity index (χ2v) is 5.87. The summed E-state index contributed by atoms with van der Waals surface area (Å²) < 4.78 is 0. The Balaban J connectivity index is 1.44. The lowest BCUT2D eigenvalue weighted by atomic mass is 10.1. The van der Waals surface area contributed by atoms with Crippen molar-refractivity contribution < 1.29 is 4.79 Å². The Kier molecular flexibility index (Phi) is 4.93. The number of para-hydroxylation sites is 2. The smallest absolute Gasteiger partial charge is 0.220 e. The van der Waals surface area contributed by atoms with Crippen LogP contribution in [0.4, 0.5) is 0 Å². The van der Waals surface area contributed by atoms with Crippen LogP contribution in [0.3, 0.4) is 0 Å². The van der Waals surface area contributed by atoms with Gasteiger partial charge < -0.3 is 10.3 Å². The molecule has 0 unspecified atom stereocenters. The van der Waals surface area contributed by atoms with Gasteiger partial charge in [-0.2, -0.15) is 0 Å². The summed E-state index contributed by atoms with van der Waals surface area (Å²) in [5.41, 5.74) is 3.05. The van der Waals surface area contributed by atoms with Crippen molar-refractivity contribution in [2.75, 3.05) is 6.54 Å². The van der Waals surface area contributed by atoms with Crippen LogP contribution in [0, 0.1) is 0 Å². The monoisotopic (exact) mass is 327 g/mol. The summed E-state index contributed by atoms with van der Waals surface area (Å²) in [6, 6.07) is 15.5. The number of rotatable bonds is 6. The lowest BCUT2D eigenvalue weighted by Gasteiger charge is -2.04. The third-order valence-corrected chi connectivity index (χ3v) is 3.89. The van der Waals surface area contributed by atoms with E-state index in [4.69, 9.17) is 11.6 Å². The molecule has 4 nitrogen and oxygen atoms in total. The zero-order valence-corrected chi connectivity index (χ0v) is 13.4. The molecule has 23 heavy (non-hydrogen) atoms. The van der Waals surface area contributed by atoms with Gasteiger partial charge in [0.2, 0.25) is 5.91 Å². The van der Waals surface area contributed by atoms with Crippen molar-refractivity contribution in [3.05, 3.63) is 64.9 Å². The predicted molar refractivity (Wildman–Crippen MR) is 92.6 cm³/mol. The maximum absolute atomic E-state index is 11.9. The Morgan fingerprint density at radius 2 is 2.00 bits per heavy atom. The van der Waals surface area contributed by atoms with Crippen LogP contribution >= 0.6 is 11.6 Å². The summed E-state index contributed by atoms with van der Waals surface area (Å²) in [7, 11) is 0. The number of H-pyrrole nitrogens is 1. The zero-order valence-electron chi connectivity index (χ0n) is 12.7. The first-order valence-corrected chi connectivity index (χ1v) is 8.03. The number of aromatic nitrogens is 2. The Bertz CT molecular complexity index is 780. The molecule has 0 aliphatic rings. The molecule has 0 spiro atoms. The van der Waals surface area contributed by atoms with Crippen LogP contribution < -0.4 is 5.32 Å². The first-order valence-electron chi connectivity index (χ1n) is 7.65. The molecule has 2 aromatic carbocycles. The van der Waals surface area contributed by atoms with Crippen LogP contribution in [0.2, 0.25) is 5.02 Å². The van der Waals surface area contributed by atoms with Gasteiger partial charge in [0.15, 0.2) is 0 Å². The maximum Gasteiger partial charge on any atom is 0.220 e. The second kappa shape index (κ2) is 7.29. The van der Waals surface area contributed by atoms with Gasteiger partial charge in [0.05, 0.1) is 11.0 Å². The molecule has 0 saturated carbocycles. The fraction of sp³-hybridized carbons (Fsp3) is 0.222. The molecule has 0 bridgehead atoms. The van der Waals surface area contributed by atoms with Crippen LogP contribution in [-0.4, -0.2) is 22.4 Å². The van der Waals surface area contributed by atoms with Crippen molar-refractivity contribution in [3.8, 4) is 0 Å². The number of aryl methyl sites for hydroxylation is 1. The maximum atomic E-state index is 11.9. The lowest BCUT2D eigenvalue weighted by Crippen LogP contribution is -2.26. The summed E-state index contributed by atoms with van der Waals surface area (Å²) >= 11 is 5.93. The van der Waals surface area contributed by atoms with Crippen molar-refractivity contribution in [2.45, 2.75) is 19.3 Å². The molecule has 0 atom stereocenters. The van der Waals surface area contributed by atoms with Crippen molar-refractivity contribution in [2.24, 2.45) is 0 Å². The summed E-state index contributed by atoms with van der Waals surface area (Å²) in [5.74, 6) is 0.933. The standard InChI is InChI=1S/C18H18ClN3O/c19-14-5-3-4-13(12-14)8-9-18(23)20-11-10-17-21-15-6-1-2-7-16(15)22-17/h1-7,12H,8-11H2,(H,20,23)(H,21,22). The van der Waals surface area contributed by atoms with Gasteiger partial charge in [-0.3, -0.25) is 4.79 Å². The molecule has 1 amide bonds. The Hall–Kier alpha value is -2.33. The zero-order chi connectivity index (χ0) is 16.1. The van der Waals surface area contributed by atoms with Gasteiger partial charge in [-0.1, -0.05) is 35.9 Å². The van der Waals surface area contributed by atoms with Crippen LogP contribution in [0.5, 0.6) is 0 Å². The summed E-state index contributed by atoms with van der Waals surface area (Å²) in [4.78, 5) is 19.6. The van der Waals surface area contributed by atoms with E-state index in [1.807, 2.05) is 48.5 Å². The molecule has 3 rings (SSSR count). The van der Waals surface area contributed by atoms with Crippen LogP contribution in [0.15, 0.2) is 48.5 Å². The van der Waals surface area contributed by atoms with E-state index < -0.39 is 0 Å². The van der Waals surface area contributed by atoms with Gasteiger partial charge in [0.25, 0.3) is 0 Å². The third-order valence-electron chi connectivity index (χ3n) is 3.65. The largest absolute Gasteiger partial charge is 0.356 e. The molecule has 0 fully saturated rings. The summed E-state index contributed by atoms with van der Waals surface area (Å²) in [5, 5.41) is 3.63. The summed E-state index contributed by atoms with van der Waals surface area (Å²) in [6.45, 7) is 0.578. The minimum absolute atomic E-state index is 0.0427. The van der Waals surface area contributed by atoms with Gasteiger partial charge >= 0.3 is 0 Å². The topological polar surface area (TPSA) is 57.8 Å². The molecule has 1 aromatic heterocycles.